The van der Waals surface area contributed by atoms with E-state index < -0.39 is 5.60 Å². The van der Waals surface area contributed by atoms with Crippen molar-refractivity contribution in [3.05, 3.63) is 24.3 Å². The second-order valence-corrected chi connectivity index (χ2v) is 3.87. The Hall–Kier alpha value is -1.55. The molecule has 0 saturated carbocycles. The van der Waals surface area contributed by atoms with Crippen molar-refractivity contribution in [1.29, 1.82) is 0 Å². The largest absolute Gasteiger partial charge is 0.399 e. The summed E-state index contributed by atoms with van der Waals surface area (Å²) in [6.45, 7) is 3.66. The third-order valence-corrected chi connectivity index (χ3v) is 2.75. The van der Waals surface area contributed by atoms with Crippen LogP contribution < -0.4 is 11.1 Å². The normalized spacial score (nSPS) is 14.2. The van der Waals surface area contributed by atoms with Gasteiger partial charge < -0.3 is 15.8 Å². The predicted octanol–water partition coefficient (Wildman–Crippen LogP) is 2.02. The number of anilines is 2. The topological polar surface area (TPSA) is 64.3 Å². The number of carbonyl (C=O) groups excluding carboxylic acids is 1. The Labute approximate surface area is 95.8 Å². The molecule has 0 spiro atoms. The summed E-state index contributed by atoms with van der Waals surface area (Å²) in [5.41, 5.74) is 6.13. The Morgan fingerprint density at radius 3 is 2.75 bits per heavy atom. The number of nitrogens with two attached hydrogens (primary N) is 1. The zero-order valence-corrected chi connectivity index (χ0v) is 9.91. The van der Waals surface area contributed by atoms with Gasteiger partial charge >= 0.3 is 0 Å². The summed E-state index contributed by atoms with van der Waals surface area (Å²) in [4.78, 5) is 11.9. The van der Waals surface area contributed by atoms with Crippen LogP contribution >= 0.6 is 0 Å². The molecule has 1 atom stereocenters. The van der Waals surface area contributed by atoms with E-state index in [2.05, 4.69) is 5.32 Å². The Balaban J connectivity index is 2.78. The molecule has 1 amide bonds. The molecule has 0 aliphatic carbocycles. The first-order chi connectivity index (χ1) is 7.51. The van der Waals surface area contributed by atoms with Gasteiger partial charge in [0.1, 0.15) is 5.60 Å². The van der Waals surface area contributed by atoms with Crippen LogP contribution in [0.5, 0.6) is 0 Å². The summed E-state index contributed by atoms with van der Waals surface area (Å²) in [5.74, 6) is -0.164. The van der Waals surface area contributed by atoms with Gasteiger partial charge in [0, 0.05) is 18.5 Å². The molecule has 88 valence electrons. The van der Waals surface area contributed by atoms with Crippen molar-refractivity contribution in [3.63, 3.8) is 0 Å². The lowest BCUT2D eigenvalue weighted by Crippen LogP contribution is -2.41. The van der Waals surface area contributed by atoms with Gasteiger partial charge in [-0.25, -0.2) is 0 Å². The van der Waals surface area contributed by atoms with Crippen LogP contribution in [0.15, 0.2) is 24.3 Å². The van der Waals surface area contributed by atoms with Crippen molar-refractivity contribution >= 4 is 17.3 Å². The van der Waals surface area contributed by atoms with Crippen molar-refractivity contribution in [2.24, 2.45) is 0 Å². The highest BCUT2D eigenvalue weighted by molar-refractivity contribution is 5.97. The van der Waals surface area contributed by atoms with Crippen molar-refractivity contribution in [3.8, 4) is 0 Å². The van der Waals surface area contributed by atoms with Crippen LogP contribution in [0.25, 0.3) is 0 Å². The molecule has 16 heavy (non-hydrogen) atoms. The molecular formula is C12H18N2O2. The highest BCUT2D eigenvalue weighted by atomic mass is 16.5. The van der Waals surface area contributed by atoms with Crippen LogP contribution in [0.4, 0.5) is 11.4 Å². The van der Waals surface area contributed by atoms with Gasteiger partial charge in [-0.05, 0) is 31.5 Å². The molecule has 1 rings (SSSR count). The zero-order valence-electron chi connectivity index (χ0n) is 9.91. The van der Waals surface area contributed by atoms with E-state index in [4.69, 9.17) is 10.5 Å². The van der Waals surface area contributed by atoms with Gasteiger partial charge in [0.2, 0.25) is 0 Å². The summed E-state index contributed by atoms with van der Waals surface area (Å²) in [6, 6.07) is 7.07. The number of nitrogens with one attached hydrogen (secondary N) is 1. The summed E-state index contributed by atoms with van der Waals surface area (Å²) >= 11 is 0. The van der Waals surface area contributed by atoms with E-state index >= 15 is 0 Å². The van der Waals surface area contributed by atoms with E-state index in [0.717, 1.165) is 0 Å². The van der Waals surface area contributed by atoms with Crippen molar-refractivity contribution < 1.29 is 9.53 Å². The summed E-state index contributed by atoms with van der Waals surface area (Å²) in [5, 5.41) is 2.78. The van der Waals surface area contributed by atoms with E-state index in [1.165, 1.54) is 7.11 Å². The van der Waals surface area contributed by atoms with E-state index in [9.17, 15) is 4.79 Å². The van der Waals surface area contributed by atoms with Crippen LogP contribution in [-0.4, -0.2) is 18.6 Å². The molecule has 0 fully saturated rings. The number of hydrogen-bond donors (Lipinski definition) is 2. The van der Waals surface area contributed by atoms with Crippen molar-refractivity contribution in [2.75, 3.05) is 18.2 Å². The quantitative estimate of drug-likeness (QED) is 0.766. The summed E-state index contributed by atoms with van der Waals surface area (Å²) in [7, 11) is 1.53. The molecule has 0 aromatic heterocycles. The minimum absolute atomic E-state index is 0.164. The first-order valence-corrected chi connectivity index (χ1v) is 5.24. The fourth-order valence-corrected chi connectivity index (χ4v) is 1.28. The first-order valence-electron chi connectivity index (χ1n) is 5.24. The molecule has 0 aliphatic rings. The second-order valence-electron chi connectivity index (χ2n) is 3.87. The number of nitrogen functional groups attached to an aromatic ring is 1. The highest BCUT2D eigenvalue weighted by Crippen LogP contribution is 2.18. The smallest absolute Gasteiger partial charge is 0.256 e. The van der Waals surface area contributed by atoms with Crippen LogP contribution in [0.1, 0.15) is 20.3 Å². The second kappa shape index (κ2) is 4.99. The number of rotatable bonds is 4. The zero-order chi connectivity index (χ0) is 12.2. The average Bonchev–Trinajstić information content (AvgIpc) is 2.28. The number of carbonyl (C=O) groups is 1. The molecule has 1 aromatic carbocycles. The van der Waals surface area contributed by atoms with E-state index in [1.807, 2.05) is 6.92 Å². The number of benzene rings is 1. The molecule has 0 aliphatic heterocycles. The lowest BCUT2D eigenvalue weighted by molar-refractivity contribution is -0.136. The molecule has 4 heteroatoms. The fraction of sp³-hybridized carbons (Fsp3) is 0.417. The van der Waals surface area contributed by atoms with Crippen LogP contribution in [-0.2, 0) is 9.53 Å². The number of hydrogen-bond acceptors (Lipinski definition) is 3. The Morgan fingerprint density at radius 2 is 2.25 bits per heavy atom. The molecule has 1 unspecified atom stereocenters. The van der Waals surface area contributed by atoms with Crippen molar-refractivity contribution in [2.45, 2.75) is 25.9 Å². The van der Waals surface area contributed by atoms with Gasteiger partial charge in [-0.1, -0.05) is 13.0 Å². The lowest BCUT2D eigenvalue weighted by Gasteiger charge is -2.25. The lowest BCUT2D eigenvalue weighted by atomic mass is 10.0. The third-order valence-electron chi connectivity index (χ3n) is 2.75. The minimum Gasteiger partial charge on any atom is -0.399 e. The molecule has 3 N–H and O–H groups in total. The first kappa shape index (κ1) is 12.5. The number of amides is 1. The number of ether oxygens (including phenoxy) is 1. The van der Waals surface area contributed by atoms with Crippen LogP contribution in [0.2, 0.25) is 0 Å². The minimum atomic E-state index is -0.801. The van der Waals surface area contributed by atoms with Gasteiger partial charge in [0.25, 0.3) is 5.91 Å². The van der Waals surface area contributed by atoms with Crippen LogP contribution in [0, 0.1) is 0 Å². The molecule has 0 heterocycles. The molecular weight excluding hydrogens is 204 g/mol. The van der Waals surface area contributed by atoms with Gasteiger partial charge in [-0.2, -0.15) is 0 Å². The predicted molar refractivity (Wildman–Crippen MR) is 65.2 cm³/mol. The number of methoxy groups -OCH3 is 1. The molecule has 4 nitrogen and oxygen atoms in total. The third kappa shape index (κ3) is 2.73. The van der Waals surface area contributed by atoms with Gasteiger partial charge in [0.15, 0.2) is 0 Å². The summed E-state index contributed by atoms with van der Waals surface area (Å²) < 4.78 is 5.21. The molecule has 0 bridgehead atoms. The monoisotopic (exact) mass is 222 g/mol. The highest BCUT2D eigenvalue weighted by Gasteiger charge is 2.30. The van der Waals surface area contributed by atoms with Gasteiger partial charge in [-0.3, -0.25) is 4.79 Å². The molecule has 0 saturated heterocycles. The maximum Gasteiger partial charge on any atom is 0.256 e. The van der Waals surface area contributed by atoms with Crippen molar-refractivity contribution in [1.82, 2.24) is 0 Å². The molecule has 1 aromatic rings. The van der Waals surface area contributed by atoms with Crippen LogP contribution in [0.3, 0.4) is 0 Å². The van der Waals surface area contributed by atoms with Gasteiger partial charge in [0.05, 0.1) is 0 Å². The van der Waals surface area contributed by atoms with Gasteiger partial charge in [-0.15, -0.1) is 0 Å². The Kier molecular flexibility index (Phi) is 3.90. The molecule has 0 radical (unpaired) electrons. The maximum absolute atomic E-state index is 11.9. The Bertz CT molecular complexity index is 373. The fourth-order valence-electron chi connectivity index (χ4n) is 1.28. The maximum atomic E-state index is 11.9. The SMILES string of the molecule is CCC(C)(OC)C(=O)Nc1cccc(N)c1. The average molecular weight is 222 g/mol. The summed E-state index contributed by atoms with van der Waals surface area (Å²) in [6.07, 6.45) is 0.609. The standard InChI is InChI=1S/C12H18N2O2/c1-4-12(2,16-3)11(15)14-10-7-5-6-9(13)8-10/h5-8H,4,13H2,1-3H3,(H,14,15). The Morgan fingerprint density at radius 1 is 1.56 bits per heavy atom. The van der Waals surface area contributed by atoms with E-state index in [1.54, 1.807) is 31.2 Å². The van der Waals surface area contributed by atoms with E-state index in [-0.39, 0.29) is 5.91 Å². The van der Waals surface area contributed by atoms with E-state index in [0.29, 0.717) is 17.8 Å².